The zero-order valence-electron chi connectivity index (χ0n) is 19.3. The van der Waals surface area contributed by atoms with Crippen molar-refractivity contribution in [1.82, 2.24) is 0 Å². The van der Waals surface area contributed by atoms with Gasteiger partial charge >= 0.3 is 0 Å². The molecule has 4 aromatic carbocycles. The van der Waals surface area contributed by atoms with E-state index in [1.54, 1.807) is 11.3 Å². The summed E-state index contributed by atoms with van der Waals surface area (Å²) < 4.78 is 5.59. The highest BCUT2D eigenvalue weighted by molar-refractivity contribution is 7.37. The summed E-state index contributed by atoms with van der Waals surface area (Å²) >= 11 is 7.40. The van der Waals surface area contributed by atoms with Gasteiger partial charge in [0.2, 0.25) is 0 Å². The molecule has 0 spiro atoms. The molecule has 1 nitrogen and oxygen atoms in total. The summed E-state index contributed by atoms with van der Waals surface area (Å²) in [6, 6.07) is 31.5. The van der Waals surface area contributed by atoms with Gasteiger partial charge < -0.3 is 5.73 Å². The van der Waals surface area contributed by atoms with Crippen molar-refractivity contribution in [2.75, 3.05) is 5.73 Å². The van der Waals surface area contributed by atoms with Gasteiger partial charge in [-0.15, -0.1) is 45.3 Å². The van der Waals surface area contributed by atoms with Crippen LogP contribution in [0.25, 0.3) is 72.0 Å². The predicted molar refractivity (Wildman–Crippen MR) is 166 cm³/mol. The summed E-state index contributed by atoms with van der Waals surface area (Å²) in [6.45, 7) is 2.18. The minimum absolute atomic E-state index is 0.857. The second-order valence-electron chi connectivity index (χ2n) is 9.23. The quantitative estimate of drug-likeness (QED) is 0.235. The first-order valence-corrected chi connectivity index (χ1v) is 15.1. The smallest absolute Gasteiger partial charge is 0.0862 e. The molecule has 0 amide bonds. The molecule has 4 heterocycles. The average molecular weight is 534 g/mol. The maximum Gasteiger partial charge on any atom is 0.0862 e. The molecule has 0 aliphatic heterocycles. The number of hydrogen-bond donors (Lipinski definition) is 1. The molecule has 2 N–H and O–H groups in total. The summed E-state index contributed by atoms with van der Waals surface area (Å²) in [5.41, 5.74) is 8.56. The zero-order valence-corrected chi connectivity index (χ0v) is 22.6. The molecule has 0 bridgehead atoms. The van der Waals surface area contributed by atoms with Gasteiger partial charge in [-0.3, -0.25) is 0 Å². The van der Waals surface area contributed by atoms with Crippen LogP contribution in [0.4, 0.5) is 5.00 Å². The Hall–Kier alpha value is -3.22. The molecular weight excluding hydrogens is 515 g/mol. The van der Waals surface area contributed by atoms with E-state index in [2.05, 4.69) is 85.8 Å². The SMILES string of the molecule is Cc1ccc(-c2ccc3ccc4c(sc5c6ccc7ccc(-c8ccc(N)s8)cc7c6sc45)c3c2)s1. The van der Waals surface area contributed by atoms with E-state index in [1.807, 2.05) is 40.1 Å². The van der Waals surface area contributed by atoms with Gasteiger partial charge in [-0.05, 0) is 65.2 Å². The molecule has 0 aliphatic carbocycles. The van der Waals surface area contributed by atoms with Crippen LogP contribution in [0.5, 0.6) is 0 Å². The summed E-state index contributed by atoms with van der Waals surface area (Å²) in [5, 5.41) is 8.88. The number of rotatable bonds is 2. The van der Waals surface area contributed by atoms with E-state index < -0.39 is 0 Å². The number of nitrogens with two attached hydrogens (primary N) is 1. The molecule has 0 radical (unpaired) electrons. The van der Waals surface area contributed by atoms with Gasteiger partial charge in [-0.25, -0.2) is 0 Å². The molecule has 172 valence electrons. The maximum absolute atomic E-state index is 6.01. The Bertz CT molecular complexity index is 1980. The molecule has 36 heavy (non-hydrogen) atoms. The monoisotopic (exact) mass is 533 g/mol. The van der Waals surface area contributed by atoms with Crippen molar-refractivity contribution in [3.8, 4) is 20.9 Å². The lowest BCUT2D eigenvalue weighted by Gasteiger charge is -2.04. The van der Waals surface area contributed by atoms with E-state index in [9.17, 15) is 0 Å². The number of benzene rings is 4. The summed E-state index contributed by atoms with van der Waals surface area (Å²) in [7, 11) is 0. The van der Waals surface area contributed by atoms with Crippen LogP contribution in [-0.2, 0) is 0 Å². The molecule has 0 fully saturated rings. The topological polar surface area (TPSA) is 26.0 Å². The number of fused-ring (bicyclic) bond motifs is 9. The molecule has 0 atom stereocenters. The van der Waals surface area contributed by atoms with Crippen LogP contribution in [-0.4, -0.2) is 0 Å². The normalized spacial score (nSPS) is 12.1. The molecule has 0 saturated heterocycles. The van der Waals surface area contributed by atoms with Crippen LogP contribution in [0, 0.1) is 6.92 Å². The number of thiophene rings is 4. The summed E-state index contributed by atoms with van der Waals surface area (Å²) in [4.78, 5) is 3.91. The first kappa shape index (κ1) is 20.9. The second-order valence-corrected chi connectivity index (χ2v) is 13.7. The highest BCUT2D eigenvalue weighted by atomic mass is 32.1. The molecule has 8 rings (SSSR count). The van der Waals surface area contributed by atoms with Gasteiger partial charge in [0.05, 0.1) is 14.4 Å². The van der Waals surface area contributed by atoms with Crippen molar-refractivity contribution in [3.05, 3.63) is 89.8 Å². The van der Waals surface area contributed by atoms with Gasteiger partial charge in [-0.1, -0.05) is 48.5 Å². The van der Waals surface area contributed by atoms with Gasteiger partial charge in [0, 0.05) is 45.6 Å². The van der Waals surface area contributed by atoms with Crippen molar-refractivity contribution >= 4 is 101 Å². The third-order valence-corrected chi connectivity index (χ3v) is 11.7. The third-order valence-electron chi connectivity index (χ3n) is 6.98. The average Bonchev–Trinajstić information content (AvgIpc) is 3.67. The molecule has 0 unspecified atom stereocenters. The number of anilines is 1. The minimum Gasteiger partial charge on any atom is -0.391 e. The van der Waals surface area contributed by atoms with Gasteiger partial charge in [0.1, 0.15) is 0 Å². The van der Waals surface area contributed by atoms with Crippen molar-refractivity contribution in [1.29, 1.82) is 0 Å². The number of hydrogen-bond acceptors (Lipinski definition) is 5. The van der Waals surface area contributed by atoms with E-state index >= 15 is 0 Å². The van der Waals surface area contributed by atoms with E-state index in [4.69, 9.17) is 5.73 Å². The fourth-order valence-electron chi connectivity index (χ4n) is 5.22. The first-order chi connectivity index (χ1) is 17.6. The predicted octanol–water partition coefficient (Wildman–Crippen LogP) is 10.9. The van der Waals surface area contributed by atoms with Crippen molar-refractivity contribution in [3.63, 3.8) is 0 Å². The third kappa shape index (κ3) is 3.04. The minimum atomic E-state index is 0.857. The molecule has 0 saturated carbocycles. The van der Waals surface area contributed by atoms with E-state index in [0.29, 0.717) is 0 Å². The van der Waals surface area contributed by atoms with Crippen LogP contribution in [0.15, 0.2) is 84.9 Å². The Morgan fingerprint density at radius 3 is 1.50 bits per heavy atom. The van der Waals surface area contributed by atoms with Crippen LogP contribution >= 0.6 is 45.3 Å². The second kappa shape index (κ2) is 7.64. The van der Waals surface area contributed by atoms with Gasteiger partial charge in [-0.2, -0.15) is 0 Å². The molecule has 5 heteroatoms. The van der Waals surface area contributed by atoms with Crippen LogP contribution < -0.4 is 5.73 Å². The lowest BCUT2D eigenvalue weighted by molar-refractivity contribution is 1.64. The van der Waals surface area contributed by atoms with Crippen molar-refractivity contribution < 1.29 is 0 Å². The molecule has 0 aliphatic rings. The van der Waals surface area contributed by atoms with Crippen LogP contribution in [0.3, 0.4) is 0 Å². The summed E-state index contributed by atoms with van der Waals surface area (Å²) in [6.07, 6.45) is 0. The largest absolute Gasteiger partial charge is 0.391 e. The maximum atomic E-state index is 6.01. The molecular formula is C31H19NS4. The fraction of sp³-hybridized carbons (Fsp3) is 0.0323. The Labute approximate surface area is 223 Å². The highest BCUT2D eigenvalue weighted by Gasteiger charge is 2.17. The van der Waals surface area contributed by atoms with Crippen LogP contribution in [0.1, 0.15) is 4.88 Å². The Balaban J connectivity index is 1.38. The lowest BCUT2D eigenvalue weighted by Crippen LogP contribution is -1.77. The molecule has 4 aromatic heterocycles. The van der Waals surface area contributed by atoms with Crippen molar-refractivity contribution in [2.45, 2.75) is 6.92 Å². The van der Waals surface area contributed by atoms with Gasteiger partial charge in [0.25, 0.3) is 0 Å². The van der Waals surface area contributed by atoms with Gasteiger partial charge in [0.15, 0.2) is 0 Å². The standard InChI is InChI=1S/C31H19NS4/c1-16-2-11-25(33-16)19-5-3-17-7-9-21-28(23(17)14-19)35-31-22-10-8-18-4-6-20(26-12-13-27(32)34-26)15-24(18)29(22)36-30(21)31/h2-15H,32H2,1H3. The van der Waals surface area contributed by atoms with E-state index in [1.165, 1.54) is 76.9 Å². The van der Waals surface area contributed by atoms with Crippen LogP contribution in [0.2, 0.25) is 0 Å². The zero-order chi connectivity index (χ0) is 24.0. The number of nitrogen functional groups attached to an aromatic ring is 1. The van der Waals surface area contributed by atoms with E-state index in [0.717, 1.165) is 5.00 Å². The molecule has 8 aromatic rings. The van der Waals surface area contributed by atoms with Crippen molar-refractivity contribution in [2.24, 2.45) is 0 Å². The Morgan fingerprint density at radius 1 is 0.472 bits per heavy atom. The Kier molecular flexibility index (Phi) is 4.44. The highest BCUT2D eigenvalue weighted by Crippen LogP contribution is 2.49. The first-order valence-electron chi connectivity index (χ1n) is 11.8. The van der Waals surface area contributed by atoms with E-state index in [-0.39, 0.29) is 0 Å². The summed E-state index contributed by atoms with van der Waals surface area (Å²) in [5.74, 6) is 0. The fourth-order valence-corrected chi connectivity index (χ4v) is 9.74. The number of aryl methyl sites for hydroxylation is 1. The Morgan fingerprint density at radius 2 is 1.00 bits per heavy atom. The lowest BCUT2D eigenvalue weighted by atomic mass is 10.0.